The van der Waals surface area contributed by atoms with Gasteiger partial charge < -0.3 is 0 Å². The molecule has 0 unspecified atom stereocenters. The second-order valence-electron chi connectivity index (χ2n) is 25.4. The van der Waals surface area contributed by atoms with E-state index in [1.165, 1.54) is 122 Å². The van der Waals surface area contributed by atoms with E-state index in [4.69, 9.17) is 9.97 Å². The number of aromatic nitrogens is 2. The molecule has 1 aromatic heterocycles. The first kappa shape index (κ1) is 51.1. The maximum atomic E-state index is 5.94. The summed E-state index contributed by atoms with van der Waals surface area (Å²) in [4.78, 5) is 11.9. The van der Waals surface area contributed by atoms with Gasteiger partial charge in [-0.05, 0) is 168 Å². The number of benzene rings is 15. The summed E-state index contributed by atoms with van der Waals surface area (Å²) in [6.45, 7) is 0. The zero-order valence-electron chi connectivity index (χ0n) is 50.1. The van der Waals surface area contributed by atoms with Gasteiger partial charge >= 0.3 is 0 Å². The minimum absolute atomic E-state index is 0.433. The summed E-state index contributed by atoms with van der Waals surface area (Å²) in [5, 5.41) is 4.76. The lowest BCUT2D eigenvalue weighted by molar-refractivity contribution is 0.794. The Morgan fingerprint density at radius 3 is 0.750 bits per heavy atom. The third-order valence-corrected chi connectivity index (χ3v) is 20.9. The van der Waals surface area contributed by atoms with Gasteiger partial charge in [0.25, 0.3) is 0 Å². The van der Waals surface area contributed by atoms with E-state index in [1.807, 2.05) is 0 Å². The Labute approximate surface area is 533 Å². The van der Waals surface area contributed by atoms with Crippen molar-refractivity contribution in [2.75, 3.05) is 0 Å². The summed E-state index contributed by atoms with van der Waals surface area (Å²) in [7, 11) is 0. The van der Waals surface area contributed by atoms with Gasteiger partial charge in [0, 0.05) is 22.3 Å². The topological polar surface area (TPSA) is 25.8 Å². The molecular weight excluding hydrogens is 1110 g/mol. The van der Waals surface area contributed by atoms with E-state index in [0.29, 0.717) is 0 Å². The molecule has 4 aliphatic rings. The van der Waals surface area contributed by atoms with Crippen LogP contribution in [0.25, 0.3) is 144 Å². The molecule has 4 aliphatic carbocycles. The van der Waals surface area contributed by atoms with Crippen LogP contribution < -0.4 is 0 Å². The van der Waals surface area contributed by atoms with Crippen molar-refractivity contribution in [3.8, 4) is 112 Å². The highest BCUT2D eigenvalue weighted by molar-refractivity contribution is 6.06. The molecule has 1 heterocycles. The number of rotatable bonds is 6. The SMILES string of the molecule is c1ccc2c(c1)-c1ccccc1C21c2ccccc2-c2ccc(-c3ccc(-c4nc5c(-c6ccc7ccccc7c6)ccc(-c6ccc7ccccc7c6)c5nc4-c4ccc(-c5ccc6c(c5)C5(c7ccccc7-c7ccccc75)c5ccccc5-6)cc4)cc3)cc21. The minimum atomic E-state index is -0.433. The fourth-order valence-electron chi connectivity index (χ4n) is 16.9. The molecule has 16 aromatic rings. The third-order valence-electron chi connectivity index (χ3n) is 20.9. The van der Waals surface area contributed by atoms with E-state index < -0.39 is 10.8 Å². The predicted octanol–water partition coefficient (Wildman–Crippen LogP) is 22.6. The van der Waals surface area contributed by atoms with Crippen LogP contribution in [0.5, 0.6) is 0 Å². The van der Waals surface area contributed by atoms with Crippen LogP contribution in [0.15, 0.2) is 328 Å². The number of nitrogens with zero attached hydrogens (tertiary/aromatic N) is 2. The summed E-state index contributed by atoms with van der Waals surface area (Å²) < 4.78 is 0. The van der Waals surface area contributed by atoms with Crippen LogP contribution in [0.3, 0.4) is 0 Å². The monoisotopic (exact) mass is 1160 g/mol. The van der Waals surface area contributed by atoms with Crippen LogP contribution in [0.4, 0.5) is 0 Å². The predicted molar refractivity (Wildman–Crippen MR) is 380 cm³/mol. The Balaban J connectivity index is 0.766. The molecule has 0 aliphatic heterocycles. The molecule has 0 saturated heterocycles. The smallest absolute Gasteiger partial charge is 0.0979 e. The molecule has 424 valence electrons. The van der Waals surface area contributed by atoms with Crippen molar-refractivity contribution in [1.82, 2.24) is 9.97 Å². The van der Waals surface area contributed by atoms with Crippen LogP contribution in [-0.4, -0.2) is 9.97 Å². The molecule has 2 spiro atoms. The zero-order valence-corrected chi connectivity index (χ0v) is 50.1. The number of fused-ring (bicyclic) bond motifs is 23. The van der Waals surface area contributed by atoms with E-state index >= 15 is 0 Å². The highest BCUT2D eigenvalue weighted by Crippen LogP contribution is 2.65. The molecule has 20 rings (SSSR count). The first-order chi connectivity index (χ1) is 45.6. The van der Waals surface area contributed by atoms with E-state index in [2.05, 4.69) is 328 Å². The maximum Gasteiger partial charge on any atom is 0.0979 e. The molecule has 0 amide bonds. The van der Waals surface area contributed by atoms with Crippen LogP contribution >= 0.6 is 0 Å². The lowest BCUT2D eigenvalue weighted by Gasteiger charge is -2.30. The average Bonchev–Trinajstić information content (AvgIpc) is 1.52. The summed E-state index contributed by atoms with van der Waals surface area (Å²) in [5.74, 6) is 0. The molecule has 2 heteroatoms. The Bertz CT molecular complexity index is 5340. The van der Waals surface area contributed by atoms with Gasteiger partial charge in [-0.15, -0.1) is 0 Å². The van der Waals surface area contributed by atoms with Gasteiger partial charge in [0.05, 0.1) is 33.3 Å². The van der Waals surface area contributed by atoms with E-state index in [9.17, 15) is 0 Å². The molecule has 0 saturated carbocycles. The first-order valence-corrected chi connectivity index (χ1v) is 32.0. The first-order valence-electron chi connectivity index (χ1n) is 32.0. The molecule has 0 fully saturated rings. The Kier molecular flexibility index (Phi) is 10.7. The third kappa shape index (κ3) is 7.04. The maximum absolute atomic E-state index is 5.94. The van der Waals surface area contributed by atoms with Gasteiger partial charge in [-0.2, -0.15) is 0 Å². The molecule has 0 radical (unpaired) electrons. The van der Waals surface area contributed by atoms with Gasteiger partial charge in [0.1, 0.15) is 0 Å². The van der Waals surface area contributed by atoms with Crippen molar-refractivity contribution in [3.05, 3.63) is 372 Å². The summed E-state index contributed by atoms with van der Waals surface area (Å²) >= 11 is 0. The summed E-state index contributed by atoms with van der Waals surface area (Å²) in [6.07, 6.45) is 0. The van der Waals surface area contributed by atoms with Gasteiger partial charge in [-0.3, -0.25) is 0 Å². The van der Waals surface area contributed by atoms with Crippen molar-refractivity contribution in [1.29, 1.82) is 0 Å². The Morgan fingerprint density at radius 1 is 0.163 bits per heavy atom. The van der Waals surface area contributed by atoms with Gasteiger partial charge in [0.15, 0.2) is 0 Å². The van der Waals surface area contributed by atoms with Gasteiger partial charge in [-0.25, -0.2) is 9.97 Å². The highest BCUT2D eigenvalue weighted by atomic mass is 14.8. The van der Waals surface area contributed by atoms with Crippen LogP contribution in [0.2, 0.25) is 0 Å². The Morgan fingerprint density at radius 2 is 0.413 bits per heavy atom. The second kappa shape index (κ2) is 19.3. The van der Waals surface area contributed by atoms with Crippen molar-refractivity contribution in [3.63, 3.8) is 0 Å². The second-order valence-corrected chi connectivity index (χ2v) is 25.4. The lowest BCUT2D eigenvalue weighted by atomic mass is 9.70. The number of hydrogen-bond acceptors (Lipinski definition) is 2. The fourth-order valence-corrected chi connectivity index (χ4v) is 16.9. The van der Waals surface area contributed by atoms with Crippen molar-refractivity contribution in [2.45, 2.75) is 10.8 Å². The Hall–Kier alpha value is -11.8. The van der Waals surface area contributed by atoms with Crippen molar-refractivity contribution in [2.24, 2.45) is 0 Å². The quantitative estimate of drug-likeness (QED) is 0.166. The van der Waals surface area contributed by atoms with Gasteiger partial charge in [0.2, 0.25) is 0 Å². The highest BCUT2D eigenvalue weighted by Gasteiger charge is 2.53. The summed E-state index contributed by atoms with van der Waals surface area (Å²) in [5.41, 5.74) is 34.5. The van der Waals surface area contributed by atoms with E-state index in [0.717, 1.165) is 66.9 Å². The van der Waals surface area contributed by atoms with E-state index in [1.54, 1.807) is 0 Å². The molecule has 0 atom stereocenters. The largest absolute Gasteiger partial charge is 0.243 e. The van der Waals surface area contributed by atoms with Crippen LogP contribution in [0, 0.1) is 0 Å². The van der Waals surface area contributed by atoms with Crippen LogP contribution in [0.1, 0.15) is 44.5 Å². The average molecular weight is 1160 g/mol. The zero-order chi connectivity index (χ0) is 60.2. The molecule has 0 N–H and O–H groups in total. The van der Waals surface area contributed by atoms with E-state index in [-0.39, 0.29) is 0 Å². The molecule has 92 heavy (non-hydrogen) atoms. The fraction of sp³-hybridized carbons (Fsp3) is 0.0222. The summed E-state index contributed by atoms with van der Waals surface area (Å²) in [6, 6.07) is 122. The molecule has 2 nitrogen and oxygen atoms in total. The molecule has 15 aromatic carbocycles. The number of hydrogen-bond donors (Lipinski definition) is 0. The molecular formula is C90H54N2. The normalized spacial score (nSPS) is 13.6. The van der Waals surface area contributed by atoms with Crippen molar-refractivity contribution >= 4 is 32.6 Å². The lowest BCUT2D eigenvalue weighted by Crippen LogP contribution is -2.25. The molecule has 0 bridgehead atoms. The van der Waals surface area contributed by atoms with Gasteiger partial charge in [-0.1, -0.05) is 303 Å². The van der Waals surface area contributed by atoms with Crippen LogP contribution in [-0.2, 0) is 10.8 Å². The standard InChI is InChI=1S/C90H54N2/c1-3-19-61-51-65(43-37-55(61)17-1)67-49-50-68(66-44-38-56-18-2-4-20-62(56)52-66)88-87(67)91-85(59-39-33-57(34-40-59)63-45-47-75-73-25-9-15-31-81(73)89(83(75)53-63)77-27-11-5-21-69(77)70-22-6-12-28-78(70)89)86(92-88)60-41-35-58(36-42-60)64-46-48-76-74-26-10-16-32-82(74)90(84(76)54-64)79-29-13-7-23-71(79)72-24-8-14-30-80(72)90/h1-54H. The van der Waals surface area contributed by atoms with Crippen molar-refractivity contribution < 1.29 is 0 Å². The minimum Gasteiger partial charge on any atom is -0.243 e.